The molecule has 0 fully saturated rings. The molecule has 0 bridgehead atoms. The molecule has 0 radical (unpaired) electrons. The second kappa shape index (κ2) is 7.70. The molecule has 1 aliphatic heterocycles. The van der Waals surface area contributed by atoms with E-state index < -0.39 is 5.97 Å². The summed E-state index contributed by atoms with van der Waals surface area (Å²) in [5.74, 6) is -0.314. The maximum absolute atomic E-state index is 13.1. The Hall–Kier alpha value is -4.39. The fraction of sp³-hybridized carbons (Fsp3) is 0.0400. The van der Waals surface area contributed by atoms with Crippen molar-refractivity contribution in [3.8, 4) is 17.2 Å². The lowest BCUT2D eigenvalue weighted by Gasteiger charge is -2.04. The molecular formula is C25H15FO6. The van der Waals surface area contributed by atoms with Gasteiger partial charge in [-0.05, 0) is 48.0 Å². The number of methoxy groups -OCH3 is 1. The Morgan fingerprint density at radius 1 is 1.03 bits per heavy atom. The van der Waals surface area contributed by atoms with Crippen LogP contribution in [0.1, 0.15) is 26.5 Å². The third kappa shape index (κ3) is 3.50. The van der Waals surface area contributed by atoms with Gasteiger partial charge in [-0.1, -0.05) is 24.3 Å². The first-order valence-corrected chi connectivity index (χ1v) is 9.64. The van der Waals surface area contributed by atoms with Gasteiger partial charge >= 0.3 is 5.97 Å². The van der Waals surface area contributed by atoms with Crippen molar-refractivity contribution in [3.05, 3.63) is 95.2 Å². The summed E-state index contributed by atoms with van der Waals surface area (Å²) in [5, 5.41) is 0.703. The Bertz CT molecular complexity index is 1400. The monoisotopic (exact) mass is 430 g/mol. The molecule has 6 nitrogen and oxygen atoms in total. The summed E-state index contributed by atoms with van der Waals surface area (Å²) in [6, 6.07) is 17.0. The van der Waals surface area contributed by atoms with Crippen molar-refractivity contribution < 1.29 is 32.6 Å². The summed E-state index contributed by atoms with van der Waals surface area (Å²) < 4.78 is 35.0. The molecule has 1 aliphatic rings. The number of halogens is 1. The van der Waals surface area contributed by atoms with Crippen LogP contribution in [-0.4, -0.2) is 18.9 Å². The summed E-state index contributed by atoms with van der Waals surface area (Å²) in [5.41, 5.74) is 1.40. The molecule has 0 saturated carbocycles. The number of Topliss-reactive ketones (excluding diaryl/α,β-unsaturated/α-hetero) is 1. The van der Waals surface area contributed by atoms with E-state index in [4.69, 9.17) is 18.6 Å². The molecule has 0 amide bonds. The molecule has 0 N–H and O–H groups in total. The Morgan fingerprint density at radius 2 is 1.84 bits per heavy atom. The van der Waals surface area contributed by atoms with Crippen molar-refractivity contribution >= 4 is 28.8 Å². The smallest absolute Gasteiger partial charge is 0.379 e. The highest BCUT2D eigenvalue weighted by Crippen LogP contribution is 2.35. The third-order valence-corrected chi connectivity index (χ3v) is 4.95. The van der Waals surface area contributed by atoms with Gasteiger partial charge in [-0.15, -0.1) is 0 Å². The van der Waals surface area contributed by atoms with Gasteiger partial charge in [-0.3, -0.25) is 4.79 Å². The quantitative estimate of drug-likeness (QED) is 0.245. The van der Waals surface area contributed by atoms with Crippen LogP contribution in [0.25, 0.3) is 17.0 Å². The van der Waals surface area contributed by atoms with E-state index in [-0.39, 0.29) is 34.6 Å². The van der Waals surface area contributed by atoms with Crippen LogP contribution in [0.5, 0.6) is 17.2 Å². The first-order chi connectivity index (χ1) is 15.5. The summed E-state index contributed by atoms with van der Waals surface area (Å²) in [7, 11) is 1.51. The normalized spacial score (nSPS) is 13.8. The molecule has 158 valence electrons. The van der Waals surface area contributed by atoms with Gasteiger partial charge in [0.1, 0.15) is 17.3 Å². The van der Waals surface area contributed by atoms with Gasteiger partial charge in [0.05, 0.1) is 12.7 Å². The first-order valence-electron chi connectivity index (χ1n) is 9.64. The van der Waals surface area contributed by atoms with Crippen LogP contribution in [-0.2, 0) is 0 Å². The number of allylic oxidation sites excluding steroid dienone is 1. The zero-order valence-corrected chi connectivity index (χ0v) is 16.8. The fourth-order valence-electron chi connectivity index (χ4n) is 3.40. The highest BCUT2D eigenvalue weighted by molar-refractivity contribution is 6.14. The van der Waals surface area contributed by atoms with Crippen molar-refractivity contribution in [1.82, 2.24) is 0 Å². The maximum Gasteiger partial charge on any atom is 0.379 e. The van der Waals surface area contributed by atoms with Gasteiger partial charge < -0.3 is 18.6 Å². The van der Waals surface area contributed by atoms with E-state index in [1.165, 1.54) is 55.7 Å². The number of hydrogen-bond acceptors (Lipinski definition) is 6. The van der Waals surface area contributed by atoms with Crippen molar-refractivity contribution in [2.45, 2.75) is 0 Å². The molecule has 3 aromatic carbocycles. The van der Waals surface area contributed by atoms with Crippen LogP contribution in [0.2, 0.25) is 0 Å². The molecule has 4 aromatic rings. The fourth-order valence-corrected chi connectivity index (χ4v) is 3.40. The Morgan fingerprint density at radius 3 is 2.62 bits per heavy atom. The maximum atomic E-state index is 13.1. The van der Waals surface area contributed by atoms with E-state index in [2.05, 4.69) is 0 Å². The molecule has 0 atom stereocenters. The van der Waals surface area contributed by atoms with Gasteiger partial charge in [0.2, 0.25) is 11.5 Å². The molecule has 2 heterocycles. The van der Waals surface area contributed by atoms with Crippen molar-refractivity contribution in [2.24, 2.45) is 0 Å². The van der Waals surface area contributed by atoms with Crippen LogP contribution in [0, 0.1) is 5.82 Å². The number of ether oxygens (including phenoxy) is 3. The molecule has 0 spiro atoms. The van der Waals surface area contributed by atoms with Gasteiger partial charge in [-0.2, -0.15) is 0 Å². The minimum atomic E-state index is -0.699. The standard InChI is InChI=1S/C25H15FO6/c1-29-19-4-2-3-15-12-22(32-24(15)19)25(28)30-17-9-10-18-20(13-17)31-21(23(18)27)11-14-5-7-16(26)8-6-14/h2-13H,1H3/b21-11-. The second-order valence-corrected chi connectivity index (χ2v) is 7.03. The molecule has 7 heteroatoms. The van der Waals surface area contributed by atoms with Crippen LogP contribution in [0.3, 0.4) is 0 Å². The number of benzene rings is 3. The lowest BCUT2D eigenvalue weighted by molar-refractivity contribution is 0.0703. The van der Waals surface area contributed by atoms with Gasteiger partial charge in [0.25, 0.3) is 0 Å². The van der Waals surface area contributed by atoms with Crippen LogP contribution >= 0.6 is 0 Å². The predicted octanol–water partition coefficient (Wildman–Crippen LogP) is 5.42. The topological polar surface area (TPSA) is 75.0 Å². The minimum Gasteiger partial charge on any atom is -0.493 e. The lowest BCUT2D eigenvalue weighted by Crippen LogP contribution is -2.07. The van der Waals surface area contributed by atoms with Crippen molar-refractivity contribution in [2.75, 3.05) is 7.11 Å². The summed E-state index contributed by atoms with van der Waals surface area (Å²) in [6.07, 6.45) is 1.52. The second-order valence-electron chi connectivity index (χ2n) is 7.03. The lowest BCUT2D eigenvalue weighted by atomic mass is 10.1. The molecule has 32 heavy (non-hydrogen) atoms. The number of furan rings is 1. The Balaban J connectivity index is 1.37. The number of rotatable bonds is 4. The summed E-state index contributed by atoms with van der Waals surface area (Å²) >= 11 is 0. The number of fused-ring (bicyclic) bond motifs is 2. The van der Waals surface area contributed by atoms with Gasteiger partial charge in [0, 0.05) is 11.5 Å². The SMILES string of the molecule is COc1cccc2cc(C(=O)Oc3ccc4c(c3)O/C(=C\c3ccc(F)cc3)C4=O)oc12. The van der Waals surface area contributed by atoms with E-state index in [0.29, 0.717) is 27.8 Å². The highest BCUT2D eigenvalue weighted by atomic mass is 19.1. The van der Waals surface area contributed by atoms with Gasteiger partial charge in [0.15, 0.2) is 17.1 Å². The number of ketones is 1. The van der Waals surface area contributed by atoms with E-state index in [9.17, 15) is 14.0 Å². The average molecular weight is 430 g/mol. The minimum absolute atomic E-state index is 0.0129. The Labute approximate surface area is 181 Å². The molecule has 5 rings (SSSR count). The predicted molar refractivity (Wildman–Crippen MR) is 114 cm³/mol. The molecule has 0 aliphatic carbocycles. The van der Waals surface area contributed by atoms with Crippen LogP contribution in [0.15, 0.2) is 76.9 Å². The zero-order valence-electron chi connectivity index (χ0n) is 16.8. The van der Waals surface area contributed by atoms with E-state index in [1.54, 1.807) is 24.3 Å². The summed E-state index contributed by atoms with van der Waals surface area (Å²) in [4.78, 5) is 25.2. The number of carbonyl (C=O) groups is 2. The first kappa shape index (κ1) is 19.6. The number of carbonyl (C=O) groups excluding carboxylic acids is 2. The van der Waals surface area contributed by atoms with Crippen molar-refractivity contribution in [1.29, 1.82) is 0 Å². The third-order valence-electron chi connectivity index (χ3n) is 4.95. The van der Waals surface area contributed by atoms with Crippen molar-refractivity contribution in [3.63, 3.8) is 0 Å². The van der Waals surface area contributed by atoms with Crippen LogP contribution in [0.4, 0.5) is 4.39 Å². The summed E-state index contributed by atoms with van der Waals surface area (Å²) in [6.45, 7) is 0. The van der Waals surface area contributed by atoms with Gasteiger partial charge in [-0.25, -0.2) is 9.18 Å². The van der Waals surface area contributed by atoms with E-state index in [0.717, 1.165) is 0 Å². The molecular weight excluding hydrogens is 415 g/mol. The number of esters is 1. The molecule has 1 aromatic heterocycles. The highest BCUT2D eigenvalue weighted by Gasteiger charge is 2.28. The zero-order chi connectivity index (χ0) is 22.2. The van der Waals surface area contributed by atoms with E-state index in [1.807, 2.05) is 0 Å². The molecule has 0 unspecified atom stereocenters. The largest absolute Gasteiger partial charge is 0.493 e. The number of para-hydroxylation sites is 1. The van der Waals surface area contributed by atoms with E-state index >= 15 is 0 Å². The van der Waals surface area contributed by atoms with Crippen LogP contribution < -0.4 is 14.2 Å². The average Bonchev–Trinajstić information content (AvgIpc) is 3.36. The molecule has 0 saturated heterocycles. The Kier molecular flexibility index (Phi) is 4.71. The number of hydrogen-bond donors (Lipinski definition) is 0.